The summed E-state index contributed by atoms with van der Waals surface area (Å²) in [5, 5.41) is 0. The van der Waals surface area contributed by atoms with Crippen molar-refractivity contribution >= 4 is 33.2 Å². The summed E-state index contributed by atoms with van der Waals surface area (Å²) in [6.07, 6.45) is 5.15. The molecule has 1 saturated carbocycles. The third kappa shape index (κ3) is 3.80. The Kier molecular flexibility index (Phi) is 5.42. The van der Waals surface area contributed by atoms with Crippen LogP contribution in [0.1, 0.15) is 48.7 Å². The Morgan fingerprint density at radius 2 is 2.11 bits per heavy atom. The first kappa shape index (κ1) is 15.0. The molecule has 0 spiro atoms. The SMILES string of the molecule is CCCN(C(=O)c1ccc(Br)s1)C1CCC(N)CC1. The normalized spacial score (nSPS) is 23.3. The second-order valence-corrected chi connectivity index (χ2v) is 7.63. The number of halogens is 1. The topological polar surface area (TPSA) is 46.3 Å². The number of carbonyl (C=O) groups is 1. The molecule has 106 valence electrons. The number of hydrogen-bond donors (Lipinski definition) is 1. The molecule has 0 atom stereocenters. The van der Waals surface area contributed by atoms with E-state index in [0.29, 0.717) is 12.1 Å². The average Bonchev–Trinajstić information content (AvgIpc) is 2.83. The molecule has 0 unspecified atom stereocenters. The lowest BCUT2D eigenvalue weighted by Crippen LogP contribution is -2.44. The van der Waals surface area contributed by atoms with Gasteiger partial charge in [-0.3, -0.25) is 4.79 Å². The van der Waals surface area contributed by atoms with Crippen LogP contribution < -0.4 is 5.73 Å². The summed E-state index contributed by atoms with van der Waals surface area (Å²) in [7, 11) is 0. The predicted octanol–water partition coefficient (Wildman–Crippen LogP) is 3.63. The zero-order valence-corrected chi connectivity index (χ0v) is 13.7. The maximum Gasteiger partial charge on any atom is 0.264 e. The lowest BCUT2D eigenvalue weighted by molar-refractivity contribution is 0.0632. The lowest BCUT2D eigenvalue weighted by atomic mass is 9.90. The van der Waals surface area contributed by atoms with Gasteiger partial charge >= 0.3 is 0 Å². The minimum absolute atomic E-state index is 0.179. The third-order valence-corrected chi connectivity index (χ3v) is 5.30. The first-order chi connectivity index (χ1) is 9.11. The highest BCUT2D eigenvalue weighted by molar-refractivity contribution is 9.11. The molecule has 1 heterocycles. The molecule has 1 amide bonds. The van der Waals surface area contributed by atoms with E-state index >= 15 is 0 Å². The Hall–Kier alpha value is -0.390. The van der Waals surface area contributed by atoms with E-state index in [1.807, 2.05) is 12.1 Å². The molecule has 2 rings (SSSR count). The summed E-state index contributed by atoms with van der Waals surface area (Å²) in [6.45, 7) is 2.97. The minimum atomic E-state index is 0.179. The van der Waals surface area contributed by atoms with Crippen molar-refractivity contribution in [1.29, 1.82) is 0 Å². The van der Waals surface area contributed by atoms with Crippen molar-refractivity contribution in [2.45, 2.75) is 51.1 Å². The van der Waals surface area contributed by atoms with Crippen LogP contribution in [0.2, 0.25) is 0 Å². The molecule has 0 aromatic carbocycles. The predicted molar refractivity (Wildman–Crippen MR) is 83.6 cm³/mol. The highest BCUT2D eigenvalue weighted by Crippen LogP contribution is 2.27. The molecular weight excluding hydrogens is 324 g/mol. The van der Waals surface area contributed by atoms with Gasteiger partial charge in [0.1, 0.15) is 0 Å². The summed E-state index contributed by atoms with van der Waals surface area (Å²) in [4.78, 5) is 15.5. The highest BCUT2D eigenvalue weighted by Gasteiger charge is 2.28. The molecule has 0 radical (unpaired) electrons. The fourth-order valence-electron chi connectivity index (χ4n) is 2.67. The monoisotopic (exact) mass is 344 g/mol. The van der Waals surface area contributed by atoms with Gasteiger partial charge in [0, 0.05) is 18.6 Å². The number of nitrogens with zero attached hydrogens (tertiary/aromatic N) is 1. The van der Waals surface area contributed by atoms with E-state index in [2.05, 4.69) is 27.8 Å². The molecular formula is C14H21BrN2OS. The van der Waals surface area contributed by atoms with Crippen LogP contribution in [0.25, 0.3) is 0 Å². The summed E-state index contributed by atoms with van der Waals surface area (Å²) < 4.78 is 1.01. The Morgan fingerprint density at radius 3 is 2.63 bits per heavy atom. The van der Waals surface area contributed by atoms with Crippen LogP contribution in [0.4, 0.5) is 0 Å². The van der Waals surface area contributed by atoms with Crippen molar-refractivity contribution in [1.82, 2.24) is 4.90 Å². The first-order valence-corrected chi connectivity index (χ1v) is 8.54. The number of carbonyl (C=O) groups excluding carboxylic acids is 1. The molecule has 1 fully saturated rings. The van der Waals surface area contributed by atoms with Crippen LogP contribution in [0.3, 0.4) is 0 Å². The van der Waals surface area contributed by atoms with E-state index in [9.17, 15) is 4.79 Å². The highest BCUT2D eigenvalue weighted by atomic mass is 79.9. The fourth-order valence-corrected chi connectivity index (χ4v) is 4.02. The molecule has 0 bridgehead atoms. The largest absolute Gasteiger partial charge is 0.335 e. The molecule has 1 aliphatic rings. The van der Waals surface area contributed by atoms with Crippen LogP contribution in [-0.4, -0.2) is 29.4 Å². The zero-order chi connectivity index (χ0) is 13.8. The first-order valence-electron chi connectivity index (χ1n) is 6.93. The maximum absolute atomic E-state index is 12.6. The van der Waals surface area contributed by atoms with Gasteiger partial charge in [-0.05, 0) is 60.2 Å². The van der Waals surface area contributed by atoms with Crippen LogP contribution >= 0.6 is 27.3 Å². The van der Waals surface area contributed by atoms with Gasteiger partial charge in [0.05, 0.1) is 8.66 Å². The van der Waals surface area contributed by atoms with E-state index in [1.165, 1.54) is 11.3 Å². The van der Waals surface area contributed by atoms with Gasteiger partial charge in [-0.25, -0.2) is 0 Å². The van der Waals surface area contributed by atoms with E-state index in [-0.39, 0.29) is 5.91 Å². The van der Waals surface area contributed by atoms with Gasteiger partial charge in [0.15, 0.2) is 0 Å². The van der Waals surface area contributed by atoms with Gasteiger partial charge in [0.25, 0.3) is 5.91 Å². The van der Waals surface area contributed by atoms with Crippen LogP contribution in [-0.2, 0) is 0 Å². The van der Waals surface area contributed by atoms with Crippen molar-refractivity contribution in [3.05, 3.63) is 20.8 Å². The molecule has 1 aliphatic carbocycles. The van der Waals surface area contributed by atoms with Crippen LogP contribution in [0.5, 0.6) is 0 Å². The zero-order valence-electron chi connectivity index (χ0n) is 11.3. The van der Waals surface area contributed by atoms with Gasteiger partial charge in [-0.15, -0.1) is 11.3 Å². The van der Waals surface area contributed by atoms with Crippen molar-refractivity contribution in [3.8, 4) is 0 Å². The van der Waals surface area contributed by atoms with E-state index in [0.717, 1.165) is 47.3 Å². The smallest absolute Gasteiger partial charge is 0.264 e. The number of nitrogens with two attached hydrogens (primary N) is 1. The third-order valence-electron chi connectivity index (χ3n) is 3.69. The molecule has 1 aromatic rings. The Balaban J connectivity index is 2.08. The summed E-state index contributed by atoms with van der Waals surface area (Å²) >= 11 is 4.94. The van der Waals surface area contributed by atoms with Crippen molar-refractivity contribution in [2.24, 2.45) is 5.73 Å². The second kappa shape index (κ2) is 6.86. The molecule has 5 heteroatoms. The molecule has 0 aliphatic heterocycles. The number of thiophene rings is 1. The summed E-state index contributed by atoms with van der Waals surface area (Å²) in [6, 6.07) is 4.55. The number of amides is 1. The minimum Gasteiger partial charge on any atom is -0.335 e. The average molecular weight is 345 g/mol. The number of hydrogen-bond acceptors (Lipinski definition) is 3. The Bertz CT molecular complexity index is 427. The van der Waals surface area contributed by atoms with Gasteiger partial charge in [0.2, 0.25) is 0 Å². The van der Waals surface area contributed by atoms with Gasteiger partial charge in [-0.1, -0.05) is 6.92 Å². The van der Waals surface area contributed by atoms with Crippen LogP contribution in [0, 0.1) is 0 Å². The van der Waals surface area contributed by atoms with E-state index < -0.39 is 0 Å². The van der Waals surface area contributed by atoms with Gasteiger partial charge < -0.3 is 10.6 Å². The maximum atomic E-state index is 12.6. The van der Waals surface area contributed by atoms with Crippen molar-refractivity contribution in [2.75, 3.05) is 6.54 Å². The van der Waals surface area contributed by atoms with Crippen molar-refractivity contribution < 1.29 is 4.79 Å². The molecule has 1 aromatic heterocycles. The summed E-state index contributed by atoms with van der Waals surface area (Å²) in [5.74, 6) is 0.179. The molecule has 0 saturated heterocycles. The Labute approximate surface area is 127 Å². The lowest BCUT2D eigenvalue weighted by Gasteiger charge is -2.35. The molecule has 3 nitrogen and oxygen atoms in total. The summed E-state index contributed by atoms with van der Waals surface area (Å²) in [5.41, 5.74) is 5.95. The molecule has 19 heavy (non-hydrogen) atoms. The van der Waals surface area contributed by atoms with Crippen molar-refractivity contribution in [3.63, 3.8) is 0 Å². The standard InChI is InChI=1S/C14H21BrN2OS/c1-2-9-17(11-5-3-10(16)4-6-11)14(18)12-7-8-13(15)19-12/h7-8,10-11H,2-6,9,16H2,1H3. The second-order valence-electron chi connectivity index (χ2n) is 5.17. The van der Waals surface area contributed by atoms with E-state index in [4.69, 9.17) is 5.73 Å². The van der Waals surface area contributed by atoms with Crippen LogP contribution in [0.15, 0.2) is 15.9 Å². The van der Waals surface area contributed by atoms with E-state index in [1.54, 1.807) is 0 Å². The number of rotatable bonds is 4. The van der Waals surface area contributed by atoms with Gasteiger partial charge in [-0.2, -0.15) is 0 Å². The Morgan fingerprint density at radius 1 is 1.42 bits per heavy atom. The molecule has 2 N–H and O–H groups in total. The quantitative estimate of drug-likeness (QED) is 0.906. The fraction of sp³-hybridized carbons (Fsp3) is 0.643.